The molecule has 1 N–H and O–H groups in total. The van der Waals surface area contributed by atoms with Crippen LogP contribution in [0.15, 0.2) is 30.3 Å². The Morgan fingerprint density at radius 3 is 1.87 bits per heavy atom. The van der Waals surface area contributed by atoms with Crippen LogP contribution in [-0.4, -0.2) is 35.4 Å². The number of hydrogen-bond donors (Lipinski definition) is 1. The van der Waals surface area contributed by atoms with E-state index >= 15 is 0 Å². The van der Waals surface area contributed by atoms with Crippen molar-refractivity contribution in [2.45, 2.75) is 17.8 Å². The van der Waals surface area contributed by atoms with Crippen LogP contribution in [0.4, 0.5) is 26.3 Å². The van der Waals surface area contributed by atoms with Crippen LogP contribution in [0, 0.1) is 0 Å². The number of alkyl halides is 6. The molecule has 0 unspecified atom stereocenters. The Morgan fingerprint density at radius 2 is 1.33 bits per heavy atom. The third kappa shape index (κ3) is 2.36. The van der Waals surface area contributed by atoms with Crippen LogP contribution in [0.2, 0.25) is 0 Å². The highest BCUT2D eigenvalue weighted by Gasteiger charge is 2.75. The van der Waals surface area contributed by atoms with E-state index in [2.05, 4.69) is 4.74 Å². The number of cyclic esters (lactones) is 2. The summed E-state index contributed by atoms with van der Waals surface area (Å²) < 4.78 is 94.6. The zero-order chi connectivity index (χ0) is 22.2. The number of hydrogen-bond acceptors (Lipinski definition) is 5. The first-order valence-electron chi connectivity index (χ1n) is 7.93. The van der Waals surface area contributed by atoms with E-state index in [1.165, 1.54) is 0 Å². The van der Waals surface area contributed by atoms with E-state index in [0.717, 1.165) is 6.07 Å². The van der Waals surface area contributed by atoms with E-state index in [0.29, 0.717) is 12.1 Å². The standard InChI is InChI=1S/C18H6F6O6/c19-17(20,21)16(18(22,23)24)9-3-6(13(25)26)1-2-11(9)29-12-5-8-7(4-10(12)16)14(27)30-15(8)28/h1-5H,(H,25,26). The van der Waals surface area contributed by atoms with Gasteiger partial charge in [-0.15, -0.1) is 0 Å². The second kappa shape index (κ2) is 5.74. The van der Waals surface area contributed by atoms with Crippen LogP contribution in [0.25, 0.3) is 0 Å². The fourth-order valence-corrected chi connectivity index (χ4v) is 3.57. The molecule has 0 amide bonds. The van der Waals surface area contributed by atoms with E-state index in [1.54, 1.807) is 0 Å². The Kier molecular flexibility index (Phi) is 3.77. The van der Waals surface area contributed by atoms with Crippen molar-refractivity contribution in [1.29, 1.82) is 0 Å². The van der Waals surface area contributed by atoms with E-state index in [-0.39, 0.29) is 12.1 Å². The smallest absolute Gasteiger partial charge is 0.411 e. The maximum atomic E-state index is 14.2. The van der Waals surface area contributed by atoms with Gasteiger partial charge in [0.15, 0.2) is 0 Å². The van der Waals surface area contributed by atoms with Gasteiger partial charge in [-0.05, 0) is 30.3 Å². The van der Waals surface area contributed by atoms with Crippen molar-refractivity contribution in [3.05, 3.63) is 58.1 Å². The molecule has 2 aliphatic rings. The number of ether oxygens (including phenoxy) is 2. The van der Waals surface area contributed by atoms with Crippen molar-refractivity contribution in [3.8, 4) is 11.5 Å². The number of carboxylic acid groups (broad SMARTS) is 1. The Balaban J connectivity index is 2.17. The summed E-state index contributed by atoms with van der Waals surface area (Å²) >= 11 is 0. The van der Waals surface area contributed by atoms with Crippen molar-refractivity contribution >= 4 is 17.9 Å². The van der Waals surface area contributed by atoms with Crippen LogP contribution >= 0.6 is 0 Å². The van der Waals surface area contributed by atoms with Crippen LogP contribution < -0.4 is 4.74 Å². The van der Waals surface area contributed by atoms with Gasteiger partial charge in [0.2, 0.25) is 5.41 Å². The first-order valence-corrected chi connectivity index (χ1v) is 7.93. The van der Waals surface area contributed by atoms with Gasteiger partial charge in [-0.25, -0.2) is 14.4 Å². The molecule has 0 bridgehead atoms. The molecule has 0 atom stereocenters. The number of carbonyl (C=O) groups is 3. The van der Waals surface area contributed by atoms with E-state index in [4.69, 9.17) is 9.84 Å². The van der Waals surface area contributed by atoms with E-state index < -0.39 is 75.0 Å². The fraction of sp³-hybridized carbons (Fsp3) is 0.167. The van der Waals surface area contributed by atoms with Gasteiger partial charge in [-0.1, -0.05) is 0 Å². The molecule has 2 aliphatic heterocycles. The highest BCUT2D eigenvalue weighted by Crippen LogP contribution is 2.63. The van der Waals surface area contributed by atoms with Crippen LogP contribution in [0.1, 0.15) is 42.2 Å². The zero-order valence-electron chi connectivity index (χ0n) is 14.1. The Morgan fingerprint density at radius 1 is 0.800 bits per heavy atom. The lowest BCUT2D eigenvalue weighted by Gasteiger charge is -2.42. The third-order valence-corrected chi connectivity index (χ3v) is 4.85. The van der Waals surface area contributed by atoms with E-state index in [1.807, 2.05) is 0 Å². The van der Waals surface area contributed by atoms with Crippen molar-refractivity contribution in [2.75, 3.05) is 0 Å². The average molecular weight is 432 g/mol. The molecule has 6 nitrogen and oxygen atoms in total. The Bertz CT molecular complexity index is 1130. The summed E-state index contributed by atoms with van der Waals surface area (Å²) in [4.78, 5) is 34.6. The molecule has 12 heteroatoms. The highest BCUT2D eigenvalue weighted by atomic mass is 19.4. The molecule has 156 valence electrons. The zero-order valence-corrected chi connectivity index (χ0v) is 14.1. The molecule has 0 saturated heterocycles. The number of rotatable bonds is 1. The summed E-state index contributed by atoms with van der Waals surface area (Å²) in [7, 11) is 0. The summed E-state index contributed by atoms with van der Waals surface area (Å²) in [6.45, 7) is 0. The number of fused-ring (bicyclic) bond motifs is 3. The third-order valence-electron chi connectivity index (χ3n) is 4.85. The molecule has 0 aliphatic carbocycles. The SMILES string of the molecule is O=C(O)c1ccc2c(c1)C(C(F)(F)F)(C(F)(F)F)c1cc3c(cc1O2)C(=O)OC3=O. The number of aromatic carboxylic acids is 1. The fourth-order valence-electron chi connectivity index (χ4n) is 3.57. The van der Waals surface area contributed by atoms with Gasteiger partial charge >= 0.3 is 30.3 Å². The Hall–Kier alpha value is -3.57. The van der Waals surface area contributed by atoms with Gasteiger partial charge in [0, 0.05) is 11.1 Å². The first kappa shape index (κ1) is 19.7. The average Bonchev–Trinajstić information content (AvgIpc) is 2.88. The number of benzene rings is 2. The van der Waals surface area contributed by atoms with Gasteiger partial charge in [-0.2, -0.15) is 26.3 Å². The quantitative estimate of drug-likeness (QED) is 0.413. The minimum Gasteiger partial charge on any atom is -0.478 e. The topological polar surface area (TPSA) is 89.9 Å². The maximum absolute atomic E-state index is 14.2. The van der Waals surface area contributed by atoms with Crippen molar-refractivity contribution in [2.24, 2.45) is 0 Å². The number of halogens is 6. The number of carboxylic acids is 1. The molecule has 2 aromatic rings. The van der Waals surface area contributed by atoms with Gasteiger partial charge in [0.05, 0.1) is 16.7 Å². The molecule has 30 heavy (non-hydrogen) atoms. The van der Waals surface area contributed by atoms with Crippen molar-refractivity contribution in [1.82, 2.24) is 0 Å². The second-order valence-electron chi connectivity index (χ2n) is 6.43. The normalized spacial score (nSPS) is 16.9. The first-order chi connectivity index (χ1) is 13.8. The lowest BCUT2D eigenvalue weighted by molar-refractivity contribution is -0.290. The van der Waals surface area contributed by atoms with Gasteiger partial charge in [0.1, 0.15) is 11.5 Å². The van der Waals surface area contributed by atoms with Crippen LogP contribution in [0.5, 0.6) is 11.5 Å². The predicted octanol–water partition coefficient (Wildman–Crippen LogP) is 4.21. The molecule has 0 spiro atoms. The molecule has 0 saturated carbocycles. The largest absolute Gasteiger partial charge is 0.478 e. The van der Waals surface area contributed by atoms with Crippen molar-refractivity contribution < 1.29 is 55.3 Å². The van der Waals surface area contributed by atoms with Crippen LogP contribution in [0.3, 0.4) is 0 Å². The maximum Gasteiger partial charge on any atom is 0.411 e. The Labute approximate surface area is 161 Å². The van der Waals surface area contributed by atoms with Gasteiger partial charge < -0.3 is 14.6 Å². The minimum atomic E-state index is -6.03. The van der Waals surface area contributed by atoms with Crippen LogP contribution in [-0.2, 0) is 10.2 Å². The summed E-state index contributed by atoms with van der Waals surface area (Å²) in [6, 6.07) is 2.46. The molecule has 0 aromatic heterocycles. The highest BCUT2D eigenvalue weighted by molar-refractivity contribution is 6.15. The molecule has 0 radical (unpaired) electrons. The molecule has 0 fully saturated rings. The molecular weight excluding hydrogens is 426 g/mol. The van der Waals surface area contributed by atoms with Gasteiger partial charge in [0.25, 0.3) is 0 Å². The summed E-state index contributed by atoms with van der Waals surface area (Å²) in [5.41, 5.74) is -9.93. The molecule has 4 rings (SSSR count). The minimum absolute atomic E-state index is 0.221. The van der Waals surface area contributed by atoms with Gasteiger partial charge in [-0.3, -0.25) is 0 Å². The molecular formula is C18H6F6O6. The lowest BCUT2D eigenvalue weighted by Crippen LogP contribution is -2.56. The second-order valence-corrected chi connectivity index (χ2v) is 6.43. The predicted molar refractivity (Wildman–Crippen MR) is 82.6 cm³/mol. The summed E-state index contributed by atoms with van der Waals surface area (Å²) in [6.07, 6.45) is -12.1. The molecule has 2 aromatic carbocycles. The summed E-state index contributed by atoms with van der Waals surface area (Å²) in [5, 5.41) is 9.05. The number of carbonyl (C=O) groups excluding carboxylic acids is 2. The van der Waals surface area contributed by atoms with Crippen molar-refractivity contribution in [3.63, 3.8) is 0 Å². The van der Waals surface area contributed by atoms with E-state index in [9.17, 15) is 40.7 Å². The number of esters is 2. The molecule has 2 heterocycles. The summed E-state index contributed by atoms with van der Waals surface area (Å²) in [5.74, 6) is -6.30. The lowest BCUT2D eigenvalue weighted by atomic mass is 9.70. The monoisotopic (exact) mass is 432 g/mol.